The molecule has 2 atom stereocenters. The first-order valence-corrected chi connectivity index (χ1v) is 5.02. The molecule has 2 unspecified atom stereocenters. The van der Waals surface area contributed by atoms with E-state index in [1.54, 1.807) is 0 Å². The van der Waals surface area contributed by atoms with E-state index in [4.69, 9.17) is 0 Å². The first kappa shape index (κ1) is 12.3. The summed E-state index contributed by atoms with van der Waals surface area (Å²) in [6, 6.07) is 0.0123. The van der Waals surface area contributed by atoms with Crippen molar-refractivity contribution in [2.24, 2.45) is 5.92 Å². The summed E-state index contributed by atoms with van der Waals surface area (Å²) in [5.41, 5.74) is 0. The van der Waals surface area contributed by atoms with E-state index in [0.717, 1.165) is 6.42 Å². The largest absolute Gasteiger partial charge is 0.405 e. The summed E-state index contributed by atoms with van der Waals surface area (Å²) >= 11 is 0. The van der Waals surface area contributed by atoms with Crippen LogP contribution < -0.4 is 10.6 Å². The molecular formula is C9H15F3N2O. The van der Waals surface area contributed by atoms with Gasteiger partial charge in [-0.15, -0.1) is 0 Å². The highest BCUT2D eigenvalue weighted by Crippen LogP contribution is 2.19. The number of nitrogens with one attached hydrogen (secondary N) is 2. The third kappa shape index (κ3) is 3.70. The summed E-state index contributed by atoms with van der Waals surface area (Å²) in [5, 5.41) is 5.02. The predicted octanol–water partition coefficient (Wildman–Crippen LogP) is 1.05. The zero-order chi connectivity index (χ0) is 11.5. The zero-order valence-corrected chi connectivity index (χ0v) is 8.53. The molecule has 88 valence electrons. The van der Waals surface area contributed by atoms with Crippen molar-refractivity contribution >= 4 is 5.91 Å². The fourth-order valence-corrected chi connectivity index (χ4v) is 1.83. The van der Waals surface area contributed by atoms with Gasteiger partial charge in [-0.3, -0.25) is 4.79 Å². The topological polar surface area (TPSA) is 41.1 Å². The molecule has 0 saturated carbocycles. The van der Waals surface area contributed by atoms with Gasteiger partial charge in [-0.25, -0.2) is 0 Å². The van der Waals surface area contributed by atoms with Crippen LogP contribution in [0.3, 0.4) is 0 Å². The highest BCUT2D eigenvalue weighted by Gasteiger charge is 2.34. The van der Waals surface area contributed by atoms with E-state index < -0.39 is 18.6 Å². The van der Waals surface area contributed by atoms with Crippen LogP contribution in [-0.2, 0) is 4.79 Å². The number of amides is 1. The maximum atomic E-state index is 11.9. The van der Waals surface area contributed by atoms with Crippen LogP contribution in [0.15, 0.2) is 0 Å². The minimum Gasteiger partial charge on any atom is -0.347 e. The maximum absolute atomic E-state index is 11.9. The molecule has 1 saturated heterocycles. The van der Waals surface area contributed by atoms with Gasteiger partial charge in [0.05, 0.1) is 5.92 Å². The molecule has 0 bridgehead atoms. The Kier molecular flexibility index (Phi) is 3.96. The second kappa shape index (κ2) is 4.83. The molecule has 1 fully saturated rings. The summed E-state index contributed by atoms with van der Waals surface area (Å²) in [7, 11) is 0. The molecule has 0 spiro atoms. The minimum atomic E-state index is -4.33. The maximum Gasteiger partial charge on any atom is 0.405 e. The molecule has 6 heteroatoms. The molecule has 15 heavy (non-hydrogen) atoms. The van der Waals surface area contributed by atoms with E-state index in [2.05, 4.69) is 5.32 Å². The average molecular weight is 224 g/mol. The van der Waals surface area contributed by atoms with Crippen molar-refractivity contribution in [2.45, 2.75) is 32.0 Å². The second-order valence-corrected chi connectivity index (χ2v) is 3.70. The Morgan fingerprint density at radius 1 is 1.53 bits per heavy atom. The molecule has 1 aliphatic heterocycles. The third-order valence-electron chi connectivity index (χ3n) is 2.59. The summed E-state index contributed by atoms with van der Waals surface area (Å²) in [6.07, 6.45) is -2.96. The van der Waals surface area contributed by atoms with Crippen molar-refractivity contribution in [3.05, 3.63) is 0 Å². The summed E-state index contributed by atoms with van der Waals surface area (Å²) < 4.78 is 35.6. The quantitative estimate of drug-likeness (QED) is 0.752. The van der Waals surface area contributed by atoms with Gasteiger partial charge in [0.2, 0.25) is 5.91 Å². The van der Waals surface area contributed by atoms with Crippen LogP contribution in [0.1, 0.15) is 19.8 Å². The minimum absolute atomic E-state index is 0.0123. The summed E-state index contributed by atoms with van der Waals surface area (Å²) in [4.78, 5) is 11.4. The van der Waals surface area contributed by atoms with Gasteiger partial charge in [0.25, 0.3) is 0 Å². The molecule has 3 nitrogen and oxygen atoms in total. The number of halogens is 3. The summed E-state index contributed by atoms with van der Waals surface area (Å²) in [5.74, 6) is -0.818. The van der Waals surface area contributed by atoms with Crippen molar-refractivity contribution in [1.82, 2.24) is 10.6 Å². The second-order valence-electron chi connectivity index (χ2n) is 3.70. The molecule has 0 aliphatic carbocycles. The molecule has 0 aromatic heterocycles. The number of hydrogen-bond donors (Lipinski definition) is 2. The first-order valence-electron chi connectivity index (χ1n) is 5.02. The van der Waals surface area contributed by atoms with Gasteiger partial charge in [-0.05, 0) is 19.4 Å². The summed E-state index contributed by atoms with van der Waals surface area (Å²) in [6.45, 7) is 1.37. The molecule has 1 amide bonds. The molecule has 0 aromatic rings. The Labute approximate surface area is 86.4 Å². The standard InChI is InChI=1S/C9H15F3N2O/c1-2-7-6(3-4-13-7)8(15)14-5-9(10,11)12/h6-7,13H,2-5H2,1H3,(H,14,15). The number of rotatable bonds is 3. The van der Waals surface area contributed by atoms with E-state index >= 15 is 0 Å². The Hall–Kier alpha value is -0.780. The fourth-order valence-electron chi connectivity index (χ4n) is 1.83. The van der Waals surface area contributed by atoms with Crippen molar-refractivity contribution in [3.8, 4) is 0 Å². The number of carbonyl (C=O) groups is 1. The molecule has 1 rings (SSSR count). The molecule has 2 N–H and O–H groups in total. The van der Waals surface area contributed by atoms with E-state index in [-0.39, 0.29) is 12.0 Å². The van der Waals surface area contributed by atoms with E-state index in [1.807, 2.05) is 12.2 Å². The van der Waals surface area contributed by atoms with Crippen LogP contribution >= 0.6 is 0 Å². The average Bonchev–Trinajstić information content (AvgIpc) is 2.60. The first-order chi connectivity index (χ1) is 6.94. The van der Waals surface area contributed by atoms with Gasteiger partial charge in [-0.1, -0.05) is 6.92 Å². The lowest BCUT2D eigenvalue weighted by molar-refractivity contribution is -0.141. The molecular weight excluding hydrogens is 209 g/mol. The lowest BCUT2D eigenvalue weighted by Crippen LogP contribution is -2.41. The number of carbonyl (C=O) groups excluding carboxylic acids is 1. The fraction of sp³-hybridized carbons (Fsp3) is 0.889. The van der Waals surface area contributed by atoms with Crippen molar-refractivity contribution in [2.75, 3.05) is 13.1 Å². The van der Waals surface area contributed by atoms with Crippen LogP contribution in [0.4, 0.5) is 13.2 Å². The van der Waals surface area contributed by atoms with E-state index in [0.29, 0.717) is 13.0 Å². The van der Waals surface area contributed by atoms with E-state index in [9.17, 15) is 18.0 Å². The Balaban J connectivity index is 2.40. The Morgan fingerprint density at radius 3 is 2.73 bits per heavy atom. The van der Waals surface area contributed by atoms with Crippen molar-refractivity contribution in [1.29, 1.82) is 0 Å². The number of hydrogen-bond acceptors (Lipinski definition) is 2. The SMILES string of the molecule is CCC1NCCC1C(=O)NCC(F)(F)F. The molecule has 0 aromatic carbocycles. The van der Waals surface area contributed by atoms with Gasteiger partial charge < -0.3 is 10.6 Å². The monoisotopic (exact) mass is 224 g/mol. The highest BCUT2D eigenvalue weighted by atomic mass is 19.4. The molecule has 1 heterocycles. The van der Waals surface area contributed by atoms with Gasteiger partial charge in [0.1, 0.15) is 6.54 Å². The van der Waals surface area contributed by atoms with Crippen LogP contribution in [-0.4, -0.2) is 31.2 Å². The van der Waals surface area contributed by atoms with Crippen molar-refractivity contribution in [3.63, 3.8) is 0 Å². The molecule has 0 radical (unpaired) electrons. The van der Waals surface area contributed by atoms with Crippen molar-refractivity contribution < 1.29 is 18.0 Å². The van der Waals surface area contributed by atoms with E-state index in [1.165, 1.54) is 0 Å². The Morgan fingerprint density at radius 2 is 2.20 bits per heavy atom. The normalized spacial score (nSPS) is 26.7. The van der Waals surface area contributed by atoms with Gasteiger partial charge in [-0.2, -0.15) is 13.2 Å². The van der Waals surface area contributed by atoms with Crippen LogP contribution in [0.5, 0.6) is 0 Å². The third-order valence-corrected chi connectivity index (χ3v) is 2.59. The zero-order valence-electron chi connectivity index (χ0n) is 8.53. The lowest BCUT2D eigenvalue weighted by Gasteiger charge is -2.17. The lowest BCUT2D eigenvalue weighted by atomic mass is 9.98. The molecule has 1 aliphatic rings. The number of alkyl halides is 3. The van der Waals surface area contributed by atoms with Crippen LogP contribution in [0.2, 0.25) is 0 Å². The van der Waals surface area contributed by atoms with Gasteiger partial charge in [0.15, 0.2) is 0 Å². The van der Waals surface area contributed by atoms with Gasteiger partial charge in [0, 0.05) is 6.04 Å². The van der Waals surface area contributed by atoms with Crippen LogP contribution in [0, 0.1) is 5.92 Å². The smallest absolute Gasteiger partial charge is 0.347 e. The highest BCUT2D eigenvalue weighted by molar-refractivity contribution is 5.79. The Bertz CT molecular complexity index is 230. The predicted molar refractivity (Wildman–Crippen MR) is 49.3 cm³/mol. The van der Waals surface area contributed by atoms with Gasteiger partial charge >= 0.3 is 6.18 Å². The van der Waals surface area contributed by atoms with Crippen LogP contribution in [0.25, 0.3) is 0 Å².